The van der Waals surface area contributed by atoms with Crippen molar-refractivity contribution in [2.75, 3.05) is 0 Å². The Morgan fingerprint density at radius 2 is 2.09 bits per heavy atom. The maximum absolute atomic E-state index is 12.1. The molecule has 0 aliphatic heterocycles. The number of sulfonamides is 1. The molecular weight excluding hydrogens is 308 g/mol. The second-order valence-electron chi connectivity index (χ2n) is 6.34. The summed E-state index contributed by atoms with van der Waals surface area (Å²) >= 11 is 0. The van der Waals surface area contributed by atoms with Crippen molar-refractivity contribution in [1.29, 1.82) is 0 Å². The summed E-state index contributed by atoms with van der Waals surface area (Å²) in [7, 11) is -3.79. The molecule has 1 aromatic heterocycles. The normalized spacial score (nSPS) is 14.0. The summed E-state index contributed by atoms with van der Waals surface area (Å²) in [6.07, 6.45) is 1.69. The van der Waals surface area contributed by atoms with Gasteiger partial charge in [0.05, 0.1) is 0 Å². The summed E-state index contributed by atoms with van der Waals surface area (Å²) in [4.78, 5) is 11.1. The zero-order chi connectivity index (χ0) is 17.0. The van der Waals surface area contributed by atoms with E-state index in [9.17, 15) is 13.2 Å². The topological polar surface area (TPSA) is 110 Å². The maximum Gasteiger partial charge on any atom is 0.321 e. The molecule has 0 spiro atoms. The first kappa shape index (κ1) is 18.6. The van der Waals surface area contributed by atoms with Gasteiger partial charge in [-0.2, -0.15) is 0 Å². The van der Waals surface area contributed by atoms with Gasteiger partial charge in [0.1, 0.15) is 23.2 Å². The van der Waals surface area contributed by atoms with E-state index in [1.165, 1.54) is 0 Å². The largest absolute Gasteiger partial charge is 0.480 e. The van der Waals surface area contributed by atoms with Gasteiger partial charge in [0.15, 0.2) is 0 Å². The number of nitrogens with zero attached hydrogens (tertiary/aromatic N) is 1. The summed E-state index contributed by atoms with van der Waals surface area (Å²) in [6, 6.07) is 0.472. The van der Waals surface area contributed by atoms with Crippen molar-refractivity contribution in [3.8, 4) is 0 Å². The van der Waals surface area contributed by atoms with Crippen molar-refractivity contribution in [2.45, 2.75) is 64.2 Å². The second kappa shape index (κ2) is 7.23. The molecule has 2 N–H and O–H groups in total. The van der Waals surface area contributed by atoms with Gasteiger partial charge in [-0.05, 0) is 6.42 Å². The van der Waals surface area contributed by atoms with Crippen molar-refractivity contribution in [3.63, 3.8) is 0 Å². The summed E-state index contributed by atoms with van der Waals surface area (Å²) in [6.45, 7) is 7.69. The van der Waals surface area contributed by atoms with Crippen LogP contribution in [0.3, 0.4) is 0 Å². The van der Waals surface area contributed by atoms with Crippen LogP contribution in [0.25, 0.3) is 0 Å². The Morgan fingerprint density at radius 1 is 1.45 bits per heavy atom. The summed E-state index contributed by atoms with van der Waals surface area (Å²) in [5.74, 6) is -0.992. The molecular formula is C14H24N2O5S. The lowest BCUT2D eigenvalue weighted by Crippen LogP contribution is -2.41. The summed E-state index contributed by atoms with van der Waals surface area (Å²) < 4.78 is 31.5. The van der Waals surface area contributed by atoms with Crippen molar-refractivity contribution < 1.29 is 22.8 Å². The van der Waals surface area contributed by atoms with E-state index in [1.54, 1.807) is 6.07 Å². The van der Waals surface area contributed by atoms with Crippen LogP contribution >= 0.6 is 0 Å². The Bertz CT molecular complexity index is 601. The van der Waals surface area contributed by atoms with Crippen LogP contribution in [0.5, 0.6) is 0 Å². The average Bonchev–Trinajstić information content (AvgIpc) is 2.81. The molecule has 0 fully saturated rings. The Labute approximate surface area is 131 Å². The van der Waals surface area contributed by atoms with Gasteiger partial charge in [-0.3, -0.25) is 4.79 Å². The fourth-order valence-electron chi connectivity index (χ4n) is 1.83. The molecule has 0 saturated carbocycles. The lowest BCUT2D eigenvalue weighted by Gasteiger charge is -2.13. The molecule has 0 aliphatic rings. The molecule has 1 atom stereocenters. The van der Waals surface area contributed by atoms with Gasteiger partial charge in [-0.15, -0.1) is 0 Å². The van der Waals surface area contributed by atoms with E-state index < -0.39 is 27.8 Å². The highest BCUT2D eigenvalue weighted by Crippen LogP contribution is 2.23. The molecule has 8 heteroatoms. The molecule has 0 radical (unpaired) electrons. The van der Waals surface area contributed by atoms with Gasteiger partial charge < -0.3 is 9.63 Å². The number of unbranched alkanes of at least 4 members (excludes halogenated alkanes) is 1. The summed E-state index contributed by atoms with van der Waals surface area (Å²) in [5.41, 5.74) is -0.00951. The zero-order valence-corrected chi connectivity index (χ0v) is 14.2. The van der Waals surface area contributed by atoms with E-state index in [2.05, 4.69) is 9.88 Å². The van der Waals surface area contributed by atoms with Gasteiger partial charge in [0.25, 0.3) is 0 Å². The van der Waals surface area contributed by atoms with E-state index in [0.717, 1.165) is 6.42 Å². The molecule has 1 rings (SSSR count). The van der Waals surface area contributed by atoms with Crippen molar-refractivity contribution >= 4 is 16.0 Å². The number of carboxylic acid groups (broad SMARTS) is 1. The Morgan fingerprint density at radius 3 is 2.55 bits per heavy atom. The van der Waals surface area contributed by atoms with Crippen LogP contribution in [-0.4, -0.2) is 30.7 Å². The highest BCUT2D eigenvalue weighted by molar-refractivity contribution is 7.88. The third-order valence-corrected chi connectivity index (χ3v) is 4.42. The minimum Gasteiger partial charge on any atom is -0.480 e. The van der Waals surface area contributed by atoms with Crippen molar-refractivity contribution in [3.05, 3.63) is 17.5 Å². The van der Waals surface area contributed by atoms with Crippen LogP contribution in [0.2, 0.25) is 0 Å². The van der Waals surface area contributed by atoms with E-state index in [4.69, 9.17) is 9.63 Å². The molecule has 7 nitrogen and oxygen atoms in total. The number of hydrogen-bond donors (Lipinski definition) is 2. The molecule has 1 aromatic rings. The number of nitrogens with one attached hydrogen (secondary N) is 1. The molecule has 1 heterocycles. The van der Waals surface area contributed by atoms with Gasteiger partial charge in [-0.1, -0.05) is 45.7 Å². The average molecular weight is 332 g/mol. The monoisotopic (exact) mass is 332 g/mol. The first-order chi connectivity index (χ1) is 10.0. The van der Waals surface area contributed by atoms with Crippen LogP contribution in [0.4, 0.5) is 0 Å². The van der Waals surface area contributed by atoms with E-state index in [-0.39, 0.29) is 17.5 Å². The second-order valence-corrected chi connectivity index (χ2v) is 8.10. The number of carbonyl (C=O) groups is 1. The minimum atomic E-state index is -3.79. The third-order valence-electron chi connectivity index (χ3n) is 3.10. The van der Waals surface area contributed by atoms with Crippen LogP contribution in [0.1, 0.15) is 58.4 Å². The number of rotatable bonds is 8. The molecule has 0 aromatic carbocycles. The van der Waals surface area contributed by atoms with Crippen LogP contribution in [0, 0.1) is 0 Å². The van der Waals surface area contributed by atoms with E-state index in [1.807, 2.05) is 27.7 Å². The smallest absolute Gasteiger partial charge is 0.321 e. The standard InChI is InChI=1S/C14H24N2O5S/c1-5-6-7-11(13(17)18)16-22(19,20)9-10-8-12(21-15-10)14(2,3)4/h8,11,16H,5-7,9H2,1-4H3,(H,17,18). The van der Waals surface area contributed by atoms with E-state index in [0.29, 0.717) is 12.2 Å². The Hall–Kier alpha value is -1.41. The van der Waals surface area contributed by atoms with Gasteiger partial charge >= 0.3 is 5.97 Å². The zero-order valence-electron chi connectivity index (χ0n) is 13.4. The minimum absolute atomic E-state index is 0.261. The SMILES string of the molecule is CCCCC(NS(=O)(=O)Cc1cc(C(C)(C)C)on1)C(=O)O. The number of hydrogen-bond acceptors (Lipinski definition) is 5. The number of aromatic nitrogens is 1. The Kier molecular flexibility index (Phi) is 6.13. The number of aliphatic carboxylic acids is 1. The molecule has 1 unspecified atom stereocenters. The highest BCUT2D eigenvalue weighted by Gasteiger charge is 2.26. The highest BCUT2D eigenvalue weighted by atomic mass is 32.2. The molecule has 0 amide bonds. The third kappa shape index (κ3) is 5.76. The van der Waals surface area contributed by atoms with Gasteiger partial charge in [-0.25, -0.2) is 13.1 Å². The lowest BCUT2D eigenvalue weighted by atomic mass is 9.93. The molecule has 0 aliphatic carbocycles. The fraction of sp³-hybridized carbons (Fsp3) is 0.714. The van der Waals surface area contributed by atoms with Crippen LogP contribution < -0.4 is 4.72 Å². The lowest BCUT2D eigenvalue weighted by molar-refractivity contribution is -0.139. The fourth-order valence-corrected chi connectivity index (χ4v) is 3.09. The molecule has 0 bridgehead atoms. The summed E-state index contributed by atoms with van der Waals surface area (Å²) in [5, 5.41) is 12.8. The first-order valence-electron chi connectivity index (χ1n) is 7.24. The number of carboxylic acids is 1. The van der Waals surface area contributed by atoms with Crippen LogP contribution in [0.15, 0.2) is 10.6 Å². The maximum atomic E-state index is 12.1. The predicted octanol–water partition coefficient (Wildman–Crippen LogP) is 2.03. The van der Waals surface area contributed by atoms with Crippen molar-refractivity contribution in [2.24, 2.45) is 0 Å². The molecule has 22 heavy (non-hydrogen) atoms. The van der Waals surface area contributed by atoms with Crippen molar-refractivity contribution in [1.82, 2.24) is 9.88 Å². The molecule has 0 saturated heterocycles. The quantitative estimate of drug-likeness (QED) is 0.754. The first-order valence-corrected chi connectivity index (χ1v) is 8.89. The van der Waals surface area contributed by atoms with Crippen LogP contribution in [-0.2, 0) is 26.0 Å². The van der Waals surface area contributed by atoms with Gasteiger partial charge in [0.2, 0.25) is 10.0 Å². The van der Waals surface area contributed by atoms with Gasteiger partial charge in [0, 0.05) is 11.5 Å². The van der Waals surface area contributed by atoms with E-state index >= 15 is 0 Å². The Balaban J connectivity index is 2.78. The predicted molar refractivity (Wildman–Crippen MR) is 81.9 cm³/mol. The molecule has 126 valence electrons.